The largest absolute Gasteiger partial charge is 0.465 e. The Morgan fingerprint density at radius 3 is 2.40 bits per heavy atom. The van der Waals surface area contributed by atoms with E-state index in [9.17, 15) is 15.3 Å². The molecule has 1 unspecified atom stereocenters. The number of carbonyl (C=O) groups excluding carboxylic acids is 1. The van der Waals surface area contributed by atoms with Gasteiger partial charge in [-0.1, -0.05) is 49.6 Å². The van der Waals surface area contributed by atoms with E-state index in [-0.39, 0.29) is 17.8 Å². The molecule has 4 nitrogen and oxygen atoms in total. The zero-order valence-electron chi connectivity index (χ0n) is 14.7. The van der Waals surface area contributed by atoms with Crippen LogP contribution in [0.2, 0.25) is 0 Å². The van der Waals surface area contributed by atoms with Crippen LogP contribution in [0, 0.1) is 34.5 Å². The monoisotopic (exact) mass is 338 g/mol. The first-order valence-corrected chi connectivity index (χ1v) is 9.27. The molecule has 1 fully saturated rings. The number of hydrogen-bond acceptors (Lipinski definition) is 4. The van der Waals surface area contributed by atoms with Crippen molar-refractivity contribution >= 4 is 5.97 Å². The van der Waals surface area contributed by atoms with E-state index in [1.54, 1.807) is 0 Å². The summed E-state index contributed by atoms with van der Waals surface area (Å²) < 4.78 is 5.41. The van der Waals surface area contributed by atoms with Gasteiger partial charge in [0.2, 0.25) is 0 Å². The van der Waals surface area contributed by atoms with Crippen molar-refractivity contribution in [1.29, 1.82) is 10.5 Å². The van der Waals surface area contributed by atoms with Gasteiger partial charge in [-0.25, -0.2) is 0 Å². The van der Waals surface area contributed by atoms with Crippen LogP contribution in [0.3, 0.4) is 0 Å². The standard InChI is InChI=1S/C21H26N2O2/c22-15-19(16-23)20(17-9-3-1-4-10-17)13-7-8-14-25-21(24)18-11-5-2-6-12-18/h1,3-4,9-10,18-20H,2,5-8,11-14H2. The maximum atomic E-state index is 12.0. The topological polar surface area (TPSA) is 73.9 Å². The number of benzene rings is 1. The highest BCUT2D eigenvalue weighted by atomic mass is 16.5. The van der Waals surface area contributed by atoms with E-state index < -0.39 is 5.92 Å². The Labute approximate surface area is 150 Å². The van der Waals surface area contributed by atoms with Gasteiger partial charge in [0.15, 0.2) is 0 Å². The SMILES string of the molecule is N#CC(C#N)C(CCCCOC(=O)C1CCCCC1)c1ccccc1. The Morgan fingerprint density at radius 2 is 1.76 bits per heavy atom. The Morgan fingerprint density at radius 1 is 1.08 bits per heavy atom. The lowest BCUT2D eigenvalue weighted by Crippen LogP contribution is -2.20. The molecule has 0 bridgehead atoms. The molecule has 4 heteroatoms. The quantitative estimate of drug-likeness (QED) is 0.507. The molecule has 132 valence electrons. The van der Waals surface area contributed by atoms with Crippen LogP contribution >= 0.6 is 0 Å². The second-order valence-corrected chi connectivity index (χ2v) is 6.75. The van der Waals surface area contributed by atoms with Crippen molar-refractivity contribution in [2.45, 2.75) is 57.3 Å². The van der Waals surface area contributed by atoms with Crippen LogP contribution in [-0.2, 0) is 9.53 Å². The van der Waals surface area contributed by atoms with Gasteiger partial charge in [0.1, 0.15) is 5.92 Å². The van der Waals surface area contributed by atoms with Crippen molar-refractivity contribution in [2.24, 2.45) is 11.8 Å². The molecule has 0 spiro atoms. The van der Waals surface area contributed by atoms with Gasteiger partial charge >= 0.3 is 5.97 Å². The first kappa shape index (κ1) is 19.0. The lowest BCUT2D eigenvalue weighted by Gasteiger charge is -2.20. The average Bonchev–Trinajstić information content (AvgIpc) is 2.68. The molecule has 1 aromatic carbocycles. The van der Waals surface area contributed by atoms with E-state index in [1.807, 2.05) is 30.3 Å². The van der Waals surface area contributed by atoms with Crippen molar-refractivity contribution in [2.75, 3.05) is 6.61 Å². The van der Waals surface area contributed by atoms with Crippen molar-refractivity contribution in [1.82, 2.24) is 0 Å². The number of esters is 1. The van der Waals surface area contributed by atoms with Crippen LogP contribution in [0.4, 0.5) is 0 Å². The minimum Gasteiger partial charge on any atom is -0.465 e. The predicted octanol–water partition coefficient (Wildman–Crippen LogP) is 4.73. The predicted molar refractivity (Wildman–Crippen MR) is 95.3 cm³/mol. The van der Waals surface area contributed by atoms with Crippen LogP contribution in [-0.4, -0.2) is 12.6 Å². The third-order valence-electron chi connectivity index (χ3n) is 5.00. The summed E-state index contributed by atoms with van der Waals surface area (Å²) in [5.41, 5.74) is 1.02. The number of carbonyl (C=O) groups is 1. The summed E-state index contributed by atoms with van der Waals surface area (Å²) in [7, 11) is 0. The van der Waals surface area contributed by atoms with E-state index >= 15 is 0 Å². The van der Waals surface area contributed by atoms with Crippen LogP contribution in [0.5, 0.6) is 0 Å². The maximum Gasteiger partial charge on any atom is 0.308 e. The number of rotatable bonds is 8. The van der Waals surface area contributed by atoms with Gasteiger partial charge in [0.05, 0.1) is 24.7 Å². The molecular formula is C21H26N2O2. The molecule has 25 heavy (non-hydrogen) atoms. The van der Waals surface area contributed by atoms with E-state index in [1.165, 1.54) is 6.42 Å². The smallest absolute Gasteiger partial charge is 0.308 e. The third kappa shape index (κ3) is 5.91. The van der Waals surface area contributed by atoms with E-state index in [4.69, 9.17) is 4.74 Å². The fourth-order valence-electron chi connectivity index (χ4n) is 3.53. The van der Waals surface area contributed by atoms with Gasteiger partial charge < -0.3 is 4.74 Å². The molecule has 0 radical (unpaired) electrons. The van der Waals surface area contributed by atoms with Gasteiger partial charge in [0, 0.05) is 5.92 Å². The Bertz CT molecular complexity index is 595. The summed E-state index contributed by atoms with van der Waals surface area (Å²) in [5, 5.41) is 18.5. The van der Waals surface area contributed by atoms with Crippen LogP contribution < -0.4 is 0 Å². The van der Waals surface area contributed by atoms with Crippen LogP contribution in [0.25, 0.3) is 0 Å². The number of ether oxygens (including phenoxy) is 1. The van der Waals surface area contributed by atoms with Crippen molar-refractivity contribution in [3.05, 3.63) is 35.9 Å². The Kier molecular flexibility index (Phi) is 7.99. The lowest BCUT2D eigenvalue weighted by molar-refractivity contribution is -0.149. The van der Waals surface area contributed by atoms with Gasteiger partial charge in [-0.05, 0) is 37.7 Å². The molecule has 0 aromatic heterocycles. The second kappa shape index (κ2) is 10.5. The molecule has 1 aliphatic rings. The van der Waals surface area contributed by atoms with Crippen LogP contribution in [0.15, 0.2) is 30.3 Å². The maximum absolute atomic E-state index is 12.0. The highest BCUT2D eigenvalue weighted by Crippen LogP contribution is 2.29. The fraction of sp³-hybridized carbons (Fsp3) is 0.571. The molecule has 1 saturated carbocycles. The van der Waals surface area contributed by atoms with Gasteiger partial charge in [-0.15, -0.1) is 0 Å². The Balaban J connectivity index is 1.76. The molecule has 0 saturated heterocycles. The Hall–Kier alpha value is -2.33. The minimum absolute atomic E-state index is 0.0498. The zero-order valence-corrected chi connectivity index (χ0v) is 14.7. The molecule has 0 aliphatic heterocycles. The van der Waals surface area contributed by atoms with Crippen molar-refractivity contribution in [3.63, 3.8) is 0 Å². The molecule has 1 atom stereocenters. The first-order chi connectivity index (χ1) is 12.3. The number of nitrogens with zero attached hydrogens (tertiary/aromatic N) is 2. The normalized spacial score (nSPS) is 16.0. The third-order valence-corrected chi connectivity index (χ3v) is 5.00. The van der Waals surface area contributed by atoms with Crippen molar-refractivity contribution in [3.8, 4) is 12.1 Å². The van der Waals surface area contributed by atoms with E-state index in [0.29, 0.717) is 6.61 Å². The average molecular weight is 338 g/mol. The number of unbranched alkanes of at least 4 members (excludes halogenated alkanes) is 1. The summed E-state index contributed by atoms with van der Waals surface area (Å²) >= 11 is 0. The number of hydrogen-bond donors (Lipinski definition) is 0. The minimum atomic E-state index is -0.646. The molecule has 0 N–H and O–H groups in total. The summed E-state index contributed by atoms with van der Waals surface area (Å²) in [6.45, 7) is 0.431. The van der Waals surface area contributed by atoms with Gasteiger partial charge in [-0.3, -0.25) is 4.79 Å². The highest BCUT2D eigenvalue weighted by molar-refractivity contribution is 5.72. The molecular weight excluding hydrogens is 312 g/mol. The molecule has 1 aliphatic carbocycles. The zero-order chi connectivity index (χ0) is 17.9. The van der Waals surface area contributed by atoms with Gasteiger partial charge in [0.25, 0.3) is 0 Å². The lowest BCUT2D eigenvalue weighted by atomic mass is 9.84. The molecule has 0 heterocycles. The molecule has 0 amide bonds. The van der Waals surface area contributed by atoms with E-state index in [0.717, 1.165) is 50.5 Å². The van der Waals surface area contributed by atoms with E-state index in [2.05, 4.69) is 12.1 Å². The molecule has 2 rings (SSSR count). The number of nitriles is 2. The first-order valence-electron chi connectivity index (χ1n) is 9.27. The summed E-state index contributed by atoms with van der Waals surface area (Å²) in [4.78, 5) is 12.0. The summed E-state index contributed by atoms with van der Waals surface area (Å²) in [6, 6.07) is 13.9. The summed E-state index contributed by atoms with van der Waals surface area (Å²) in [5.74, 6) is -0.698. The van der Waals surface area contributed by atoms with Crippen molar-refractivity contribution < 1.29 is 9.53 Å². The second-order valence-electron chi connectivity index (χ2n) is 6.75. The highest BCUT2D eigenvalue weighted by Gasteiger charge is 2.23. The molecule has 1 aromatic rings. The summed E-state index contributed by atoms with van der Waals surface area (Å²) in [6.07, 6.45) is 7.75. The fourth-order valence-corrected chi connectivity index (χ4v) is 3.53. The van der Waals surface area contributed by atoms with Crippen LogP contribution in [0.1, 0.15) is 62.8 Å². The van der Waals surface area contributed by atoms with Gasteiger partial charge in [-0.2, -0.15) is 10.5 Å².